The number of benzene rings is 1. The van der Waals surface area contributed by atoms with Gasteiger partial charge in [-0.05, 0) is 91.7 Å². The Morgan fingerprint density at radius 2 is 1.52 bits per heavy atom. The van der Waals surface area contributed by atoms with Gasteiger partial charge < -0.3 is 9.73 Å². The van der Waals surface area contributed by atoms with Gasteiger partial charge in [0.25, 0.3) is 0 Å². The van der Waals surface area contributed by atoms with E-state index < -0.39 is 0 Å². The number of rotatable bonds is 3. The topological polar surface area (TPSA) is 54.3 Å². The molecule has 142 valence electrons. The van der Waals surface area contributed by atoms with Gasteiger partial charge in [0.2, 0.25) is 0 Å². The molecule has 1 aromatic heterocycles. The van der Waals surface area contributed by atoms with Crippen LogP contribution in [0.15, 0.2) is 21.6 Å². The highest BCUT2D eigenvalue weighted by Crippen LogP contribution is 2.38. The molecule has 1 heterocycles. The number of urea groups is 1. The molecule has 2 amide bonds. The van der Waals surface area contributed by atoms with Crippen LogP contribution in [0.2, 0.25) is 0 Å². The second-order valence-corrected chi connectivity index (χ2v) is 8.78. The first-order chi connectivity index (χ1) is 13.3. The summed E-state index contributed by atoms with van der Waals surface area (Å²) in [4.78, 5) is 12.6. The van der Waals surface area contributed by atoms with Gasteiger partial charge in [0.1, 0.15) is 5.76 Å². The predicted octanol–water partition coefficient (Wildman–Crippen LogP) is 5.35. The first-order valence-corrected chi connectivity index (χ1v) is 11.1. The summed E-state index contributed by atoms with van der Waals surface area (Å²) in [5.74, 6) is 1.11. The van der Waals surface area contributed by atoms with Crippen LogP contribution in [-0.2, 0) is 38.5 Å². The van der Waals surface area contributed by atoms with Crippen molar-refractivity contribution in [3.05, 3.63) is 45.7 Å². The molecule has 0 unspecified atom stereocenters. The number of amides is 2. The lowest BCUT2D eigenvalue weighted by Gasteiger charge is -2.16. The van der Waals surface area contributed by atoms with Crippen LogP contribution < -0.4 is 10.0 Å². The Balaban J connectivity index is 1.28. The Labute approximate surface area is 164 Å². The fraction of sp³-hybridized carbons (Fsp3) is 0.500. The molecule has 5 rings (SSSR count). The van der Waals surface area contributed by atoms with E-state index in [1.165, 1.54) is 71.9 Å². The minimum absolute atomic E-state index is 0.152. The standard InChI is InChI=1S/C22H26N2O2S/c25-22(24-27-20-13-16-6-2-1-3-11-19(16)26-20)23-21-17-9-4-7-14(17)12-15-8-5-10-18(15)21/h12-13H,1-11H2,(H2,23,24,25). The van der Waals surface area contributed by atoms with Gasteiger partial charge >= 0.3 is 6.03 Å². The molecule has 2 aromatic rings. The molecule has 0 atom stereocenters. The number of anilines is 1. The molecule has 0 saturated carbocycles. The quantitative estimate of drug-likeness (QED) is 0.555. The van der Waals surface area contributed by atoms with Crippen molar-refractivity contribution in [2.45, 2.75) is 75.7 Å². The van der Waals surface area contributed by atoms with Crippen LogP contribution in [0.25, 0.3) is 0 Å². The maximum Gasteiger partial charge on any atom is 0.329 e. The van der Waals surface area contributed by atoms with Gasteiger partial charge in [-0.25, -0.2) is 4.79 Å². The number of aryl methyl sites for hydroxylation is 4. The monoisotopic (exact) mass is 382 g/mol. The summed E-state index contributed by atoms with van der Waals surface area (Å²) in [5.41, 5.74) is 8.00. The average Bonchev–Trinajstić information content (AvgIpc) is 3.37. The van der Waals surface area contributed by atoms with Crippen LogP contribution in [0.3, 0.4) is 0 Å². The van der Waals surface area contributed by atoms with E-state index >= 15 is 0 Å². The molecule has 1 aromatic carbocycles. The number of carbonyl (C=O) groups excluding carboxylic acids is 1. The maximum atomic E-state index is 12.6. The van der Waals surface area contributed by atoms with Gasteiger partial charge in [-0.3, -0.25) is 4.72 Å². The Kier molecular flexibility index (Phi) is 4.64. The largest absolute Gasteiger partial charge is 0.453 e. The molecule has 0 spiro atoms. The van der Waals surface area contributed by atoms with E-state index in [0.29, 0.717) is 0 Å². The van der Waals surface area contributed by atoms with E-state index in [4.69, 9.17) is 4.42 Å². The Morgan fingerprint density at radius 3 is 2.30 bits per heavy atom. The number of hydrogen-bond donors (Lipinski definition) is 2. The van der Waals surface area contributed by atoms with E-state index in [-0.39, 0.29) is 6.03 Å². The number of fused-ring (bicyclic) bond motifs is 3. The maximum absolute atomic E-state index is 12.6. The molecule has 0 aliphatic heterocycles. The first kappa shape index (κ1) is 17.2. The second kappa shape index (κ2) is 7.27. The van der Waals surface area contributed by atoms with Gasteiger partial charge in [0.15, 0.2) is 5.09 Å². The van der Waals surface area contributed by atoms with Gasteiger partial charge in [0.05, 0.1) is 0 Å². The molecule has 0 bridgehead atoms. The lowest BCUT2D eigenvalue weighted by atomic mass is 9.99. The summed E-state index contributed by atoms with van der Waals surface area (Å²) in [5, 5.41) is 3.96. The van der Waals surface area contributed by atoms with Crippen LogP contribution in [-0.4, -0.2) is 6.03 Å². The van der Waals surface area contributed by atoms with E-state index in [1.54, 1.807) is 0 Å². The van der Waals surface area contributed by atoms with Crippen molar-refractivity contribution in [2.75, 3.05) is 5.32 Å². The van der Waals surface area contributed by atoms with Crippen molar-refractivity contribution in [1.82, 2.24) is 4.72 Å². The summed E-state index contributed by atoms with van der Waals surface area (Å²) in [7, 11) is 0. The number of nitrogens with one attached hydrogen (secondary N) is 2. The molecule has 0 radical (unpaired) electrons. The van der Waals surface area contributed by atoms with Crippen LogP contribution in [0.4, 0.5) is 10.5 Å². The third-order valence-corrected chi connectivity index (χ3v) is 6.87. The Bertz CT molecular complexity index is 831. The molecule has 3 aliphatic carbocycles. The van der Waals surface area contributed by atoms with Gasteiger partial charge in [-0.2, -0.15) is 0 Å². The SMILES string of the molecule is O=C(NSc1cc2c(o1)CCCCC2)Nc1c2c(cc3c1CCC3)CCC2. The summed E-state index contributed by atoms with van der Waals surface area (Å²) < 4.78 is 8.88. The van der Waals surface area contributed by atoms with Crippen molar-refractivity contribution < 1.29 is 9.21 Å². The molecule has 4 nitrogen and oxygen atoms in total. The zero-order valence-corrected chi connectivity index (χ0v) is 16.5. The van der Waals surface area contributed by atoms with Gasteiger partial charge in [-0.1, -0.05) is 12.5 Å². The lowest BCUT2D eigenvalue weighted by Crippen LogP contribution is -2.24. The van der Waals surface area contributed by atoms with E-state index in [2.05, 4.69) is 22.2 Å². The van der Waals surface area contributed by atoms with Gasteiger partial charge in [0, 0.05) is 24.1 Å². The highest BCUT2D eigenvalue weighted by atomic mass is 32.2. The molecule has 3 aliphatic rings. The molecule has 27 heavy (non-hydrogen) atoms. The van der Waals surface area contributed by atoms with Crippen LogP contribution in [0.1, 0.15) is 65.7 Å². The average molecular weight is 383 g/mol. The fourth-order valence-electron chi connectivity index (χ4n) is 4.89. The summed E-state index contributed by atoms with van der Waals surface area (Å²) in [6, 6.07) is 4.34. The molecular weight excluding hydrogens is 356 g/mol. The number of furan rings is 1. The van der Waals surface area contributed by atoms with Crippen molar-refractivity contribution in [1.29, 1.82) is 0 Å². The van der Waals surface area contributed by atoms with Crippen LogP contribution >= 0.6 is 11.9 Å². The summed E-state index contributed by atoms with van der Waals surface area (Å²) in [6.07, 6.45) is 12.7. The van der Waals surface area contributed by atoms with E-state index in [1.807, 2.05) is 0 Å². The minimum Gasteiger partial charge on any atom is -0.453 e. The van der Waals surface area contributed by atoms with Crippen molar-refractivity contribution in [3.63, 3.8) is 0 Å². The van der Waals surface area contributed by atoms with Crippen molar-refractivity contribution >= 4 is 23.7 Å². The first-order valence-electron chi connectivity index (χ1n) is 10.3. The van der Waals surface area contributed by atoms with Crippen molar-refractivity contribution in [2.24, 2.45) is 0 Å². The third kappa shape index (κ3) is 3.38. The van der Waals surface area contributed by atoms with Crippen LogP contribution in [0.5, 0.6) is 0 Å². The predicted molar refractivity (Wildman–Crippen MR) is 108 cm³/mol. The summed E-state index contributed by atoms with van der Waals surface area (Å²) >= 11 is 1.29. The zero-order chi connectivity index (χ0) is 18.2. The smallest absolute Gasteiger partial charge is 0.329 e. The number of hydrogen-bond acceptors (Lipinski definition) is 3. The highest BCUT2D eigenvalue weighted by Gasteiger charge is 2.25. The molecule has 0 saturated heterocycles. The molecule has 5 heteroatoms. The minimum atomic E-state index is -0.152. The lowest BCUT2D eigenvalue weighted by molar-refractivity contribution is 0.257. The van der Waals surface area contributed by atoms with E-state index in [9.17, 15) is 4.79 Å². The van der Waals surface area contributed by atoms with Crippen LogP contribution in [0, 0.1) is 0 Å². The highest BCUT2D eigenvalue weighted by molar-refractivity contribution is 7.97. The molecular formula is C22H26N2O2S. The summed E-state index contributed by atoms with van der Waals surface area (Å²) in [6.45, 7) is 0. The fourth-order valence-corrected chi connectivity index (χ4v) is 5.48. The third-order valence-electron chi connectivity index (χ3n) is 6.18. The van der Waals surface area contributed by atoms with Crippen molar-refractivity contribution in [3.8, 4) is 0 Å². The zero-order valence-electron chi connectivity index (χ0n) is 15.7. The Hall–Kier alpha value is -1.88. The number of carbonyl (C=O) groups is 1. The molecule has 2 N–H and O–H groups in total. The molecule has 0 fully saturated rings. The van der Waals surface area contributed by atoms with E-state index in [0.717, 1.165) is 55.1 Å². The second-order valence-electron chi connectivity index (χ2n) is 7.97. The normalized spacial score (nSPS) is 17.8. The Morgan fingerprint density at radius 1 is 0.815 bits per heavy atom. The van der Waals surface area contributed by atoms with Gasteiger partial charge in [-0.15, -0.1) is 0 Å².